The van der Waals surface area contributed by atoms with Crippen LogP contribution in [0.2, 0.25) is 0 Å². The summed E-state index contributed by atoms with van der Waals surface area (Å²) in [5.74, 6) is 0.0116. The Kier molecular flexibility index (Phi) is 3.70. The molecule has 0 aromatic rings. The zero-order valence-corrected chi connectivity index (χ0v) is 7.98. The maximum atomic E-state index is 11.4. The van der Waals surface area contributed by atoms with Crippen LogP contribution in [0.15, 0.2) is 0 Å². The fraction of sp³-hybridized carbons (Fsp3) is 0.750. The number of carbonyl (C=O) groups is 2. The van der Waals surface area contributed by atoms with Crippen LogP contribution in [0.1, 0.15) is 6.42 Å². The van der Waals surface area contributed by atoms with Gasteiger partial charge in [0.25, 0.3) is 0 Å². The third-order valence-corrected chi connectivity index (χ3v) is 2.26. The second-order valence-electron chi connectivity index (χ2n) is 3.19. The number of hydrogen-bond acceptors (Lipinski definition) is 3. The van der Waals surface area contributed by atoms with E-state index < -0.39 is 6.09 Å². The van der Waals surface area contributed by atoms with Crippen LogP contribution in [0.5, 0.6) is 0 Å². The van der Waals surface area contributed by atoms with E-state index in [1.54, 1.807) is 4.90 Å². The van der Waals surface area contributed by atoms with Gasteiger partial charge < -0.3 is 20.6 Å². The van der Waals surface area contributed by atoms with Gasteiger partial charge in [0.2, 0.25) is 5.91 Å². The molecule has 0 aromatic carbocycles. The highest BCUT2D eigenvalue weighted by atomic mass is 16.4. The molecule has 1 heterocycles. The summed E-state index contributed by atoms with van der Waals surface area (Å²) in [6.07, 6.45) is -0.580. The summed E-state index contributed by atoms with van der Waals surface area (Å²) >= 11 is 0. The minimum absolute atomic E-state index is 0.0116. The van der Waals surface area contributed by atoms with Crippen molar-refractivity contribution in [2.45, 2.75) is 6.42 Å². The molecule has 0 saturated carbocycles. The Morgan fingerprint density at radius 3 is 2.07 bits per heavy atom. The van der Waals surface area contributed by atoms with Crippen LogP contribution < -0.4 is 5.73 Å². The van der Waals surface area contributed by atoms with Gasteiger partial charge >= 0.3 is 6.09 Å². The van der Waals surface area contributed by atoms with E-state index in [-0.39, 0.29) is 5.91 Å². The maximum Gasteiger partial charge on any atom is 0.407 e. The predicted molar refractivity (Wildman–Crippen MR) is 49.8 cm³/mol. The van der Waals surface area contributed by atoms with E-state index >= 15 is 0 Å². The van der Waals surface area contributed by atoms with Gasteiger partial charge in [0.1, 0.15) is 0 Å². The first-order valence-corrected chi connectivity index (χ1v) is 4.61. The zero-order valence-electron chi connectivity index (χ0n) is 7.98. The summed E-state index contributed by atoms with van der Waals surface area (Å²) in [7, 11) is 0. The molecule has 0 radical (unpaired) electrons. The minimum atomic E-state index is -0.920. The molecule has 14 heavy (non-hydrogen) atoms. The molecule has 6 heteroatoms. The number of piperazine rings is 1. The molecule has 0 spiro atoms. The Morgan fingerprint density at radius 2 is 1.64 bits per heavy atom. The number of amides is 2. The molecule has 0 unspecified atom stereocenters. The van der Waals surface area contributed by atoms with E-state index in [0.29, 0.717) is 39.1 Å². The summed E-state index contributed by atoms with van der Waals surface area (Å²) in [6.45, 7) is 2.09. The van der Waals surface area contributed by atoms with Gasteiger partial charge in [-0.1, -0.05) is 0 Å². The van der Waals surface area contributed by atoms with E-state index in [1.807, 2.05) is 0 Å². The van der Waals surface area contributed by atoms with Crippen molar-refractivity contribution in [1.82, 2.24) is 9.80 Å². The second kappa shape index (κ2) is 4.80. The van der Waals surface area contributed by atoms with Crippen LogP contribution in [0.25, 0.3) is 0 Å². The van der Waals surface area contributed by atoms with E-state index in [9.17, 15) is 9.59 Å². The highest BCUT2D eigenvalue weighted by molar-refractivity contribution is 5.76. The Balaban J connectivity index is 2.35. The maximum absolute atomic E-state index is 11.4. The Hall–Kier alpha value is -1.30. The number of hydrogen-bond donors (Lipinski definition) is 2. The van der Waals surface area contributed by atoms with Crippen LogP contribution in [-0.2, 0) is 4.79 Å². The quantitative estimate of drug-likeness (QED) is 0.609. The SMILES string of the molecule is NCCC(=O)N1CCN(C(=O)O)CC1. The van der Waals surface area contributed by atoms with Gasteiger partial charge in [-0.25, -0.2) is 4.79 Å². The van der Waals surface area contributed by atoms with Gasteiger partial charge in [0, 0.05) is 39.1 Å². The third kappa shape index (κ3) is 2.59. The molecule has 0 bridgehead atoms. The molecular formula is C8H15N3O3. The fourth-order valence-electron chi connectivity index (χ4n) is 1.43. The fourth-order valence-corrected chi connectivity index (χ4v) is 1.43. The van der Waals surface area contributed by atoms with Gasteiger partial charge in [0.15, 0.2) is 0 Å². The third-order valence-electron chi connectivity index (χ3n) is 2.26. The van der Waals surface area contributed by atoms with Crippen LogP contribution in [0.3, 0.4) is 0 Å². The summed E-state index contributed by atoms with van der Waals surface area (Å²) < 4.78 is 0. The number of carbonyl (C=O) groups excluding carboxylic acids is 1. The smallest absolute Gasteiger partial charge is 0.407 e. The lowest BCUT2D eigenvalue weighted by molar-refractivity contribution is -0.132. The molecule has 1 saturated heterocycles. The van der Waals surface area contributed by atoms with Crippen molar-refractivity contribution in [3.8, 4) is 0 Å². The highest BCUT2D eigenvalue weighted by Crippen LogP contribution is 2.03. The molecule has 1 fully saturated rings. The molecular weight excluding hydrogens is 186 g/mol. The Labute approximate surface area is 82.3 Å². The van der Waals surface area contributed by atoms with Crippen molar-refractivity contribution in [3.05, 3.63) is 0 Å². The number of carboxylic acid groups (broad SMARTS) is 1. The number of nitrogens with two attached hydrogens (primary N) is 1. The highest BCUT2D eigenvalue weighted by Gasteiger charge is 2.22. The lowest BCUT2D eigenvalue weighted by Crippen LogP contribution is -2.50. The molecule has 6 nitrogen and oxygen atoms in total. The van der Waals surface area contributed by atoms with Crippen LogP contribution in [0.4, 0.5) is 4.79 Å². The second-order valence-corrected chi connectivity index (χ2v) is 3.19. The van der Waals surface area contributed by atoms with Crippen molar-refractivity contribution in [1.29, 1.82) is 0 Å². The number of nitrogens with zero attached hydrogens (tertiary/aromatic N) is 2. The molecule has 80 valence electrons. The lowest BCUT2D eigenvalue weighted by Gasteiger charge is -2.33. The van der Waals surface area contributed by atoms with Crippen molar-refractivity contribution in [2.24, 2.45) is 5.73 Å². The topological polar surface area (TPSA) is 86.9 Å². The summed E-state index contributed by atoms with van der Waals surface area (Å²) in [5, 5.41) is 8.67. The first-order chi connectivity index (χ1) is 6.65. The van der Waals surface area contributed by atoms with Gasteiger partial charge in [0.05, 0.1) is 0 Å². The largest absolute Gasteiger partial charge is 0.465 e. The van der Waals surface area contributed by atoms with Crippen molar-refractivity contribution >= 4 is 12.0 Å². The standard InChI is InChI=1S/C8H15N3O3/c9-2-1-7(12)10-3-5-11(6-4-10)8(13)14/h1-6,9H2,(H,13,14). The summed E-state index contributed by atoms with van der Waals surface area (Å²) in [4.78, 5) is 24.9. The molecule has 0 aromatic heterocycles. The van der Waals surface area contributed by atoms with Crippen LogP contribution in [-0.4, -0.2) is 59.6 Å². The molecule has 1 aliphatic rings. The molecule has 3 N–H and O–H groups in total. The van der Waals surface area contributed by atoms with Gasteiger partial charge in [-0.3, -0.25) is 4.79 Å². The first kappa shape index (κ1) is 10.8. The van der Waals surface area contributed by atoms with Gasteiger partial charge in [-0.05, 0) is 0 Å². The van der Waals surface area contributed by atoms with E-state index in [4.69, 9.17) is 10.8 Å². The predicted octanol–water partition coefficient (Wildman–Crippen LogP) is -0.843. The number of rotatable bonds is 2. The Morgan fingerprint density at radius 1 is 1.14 bits per heavy atom. The molecule has 1 aliphatic heterocycles. The van der Waals surface area contributed by atoms with Crippen molar-refractivity contribution in [3.63, 3.8) is 0 Å². The van der Waals surface area contributed by atoms with Crippen molar-refractivity contribution < 1.29 is 14.7 Å². The lowest BCUT2D eigenvalue weighted by atomic mass is 10.3. The monoisotopic (exact) mass is 201 g/mol. The van der Waals surface area contributed by atoms with E-state index in [1.165, 1.54) is 4.90 Å². The van der Waals surface area contributed by atoms with Crippen LogP contribution in [0, 0.1) is 0 Å². The summed E-state index contributed by atoms with van der Waals surface area (Å²) in [6, 6.07) is 0. The average Bonchev–Trinajstić information content (AvgIpc) is 2.18. The van der Waals surface area contributed by atoms with Gasteiger partial charge in [-0.2, -0.15) is 0 Å². The first-order valence-electron chi connectivity index (χ1n) is 4.61. The molecule has 0 atom stereocenters. The zero-order chi connectivity index (χ0) is 10.6. The van der Waals surface area contributed by atoms with Gasteiger partial charge in [-0.15, -0.1) is 0 Å². The van der Waals surface area contributed by atoms with E-state index in [2.05, 4.69) is 0 Å². The Bertz CT molecular complexity index is 224. The molecule has 1 rings (SSSR count). The molecule has 0 aliphatic carbocycles. The minimum Gasteiger partial charge on any atom is -0.465 e. The summed E-state index contributed by atoms with van der Waals surface area (Å²) in [5.41, 5.74) is 5.26. The normalized spacial score (nSPS) is 16.9. The van der Waals surface area contributed by atoms with Crippen LogP contribution >= 0.6 is 0 Å². The average molecular weight is 201 g/mol. The molecule has 2 amide bonds. The van der Waals surface area contributed by atoms with E-state index in [0.717, 1.165) is 0 Å². The van der Waals surface area contributed by atoms with Crippen molar-refractivity contribution in [2.75, 3.05) is 32.7 Å².